The highest BCUT2D eigenvalue weighted by Crippen LogP contribution is 2.24. The van der Waals surface area contributed by atoms with Gasteiger partial charge in [-0.1, -0.05) is 23.7 Å². The number of nitrogens with two attached hydrogens (primary N) is 1. The van der Waals surface area contributed by atoms with Crippen LogP contribution in [0, 0.1) is 5.82 Å². The van der Waals surface area contributed by atoms with E-state index in [1.54, 1.807) is 0 Å². The second-order valence-corrected chi connectivity index (χ2v) is 7.34. The minimum absolute atomic E-state index is 0. The van der Waals surface area contributed by atoms with Crippen LogP contribution < -0.4 is 10.6 Å². The first-order valence-corrected chi connectivity index (χ1v) is 9.64. The molecule has 0 heterocycles. The second-order valence-electron chi connectivity index (χ2n) is 6.91. The van der Waals surface area contributed by atoms with Gasteiger partial charge in [-0.2, -0.15) is 0 Å². The van der Waals surface area contributed by atoms with Gasteiger partial charge in [-0.25, -0.2) is 9.18 Å². The molecule has 2 aromatic rings. The maximum atomic E-state index is 13.8. The molecule has 0 aliphatic rings. The number of benzene rings is 2. The first-order valence-electron chi connectivity index (χ1n) is 9.26. The smallest absolute Gasteiger partial charge is 0.333 e. The molecular formula is C21H23Cl2FN2O6. The van der Waals surface area contributed by atoms with Crippen molar-refractivity contribution in [3.05, 3.63) is 64.9 Å². The molecule has 2 atom stereocenters. The van der Waals surface area contributed by atoms with E-state index in [2.05, 4.69) is 0 Å². The van der Waals surface area contributed by atoms with Gasteiger partial charge in [0, 0.05) is 17.1 Å². The number of nitrogens with zero attached hydrogens (tertiary/aromatic N) is 1. The quantitative estimate of drug-likeness (QED) is 0.296. The lowest BCUT2D eigenvalue weighted by atomic mass is 9.90. The van der Waals surface area contributed by atoms with Gasteiger partial charge in [0.05, 0.1) is 24.8 Å². The van der Waals surface area contributed by atoms with Crippen LogP contribution in [0.3, 0.4) is 0 Å². The maximum absolute atomic E-state index is 13.8. The normalized spacial score (nSPS) is 13.4. The Balaban J connectivity index is 0.00000512. The summed E-state index contributed by atoms with van der Waals surface area (Å²) in [5, 5.41) is 29.0. The minimum atomic E-state index is -2.55. The molecule has 2 rings (SSSR count). The number of carboxylic acids is 1. The fourth-order valence-corrected chi connectivity index (χ4v) is 3.00. The zero-order valence-electron chi connectivity index (χ0n) is 16.8. The number of halogens is 3. The average molecular weight is 489 g/mol. The van der Waals surface area contributed by atoms with Crippen LogP contribution in [0.15, 0.2) is 48.5 Å². The van der Waals surface area contributed by atoms with Crippen molar-refractivity contribution in [1.29, 1.82) is 0 Å². The van der Waals surface area contributed by atoms with Gasteiger partial charge in [-0.05, 0) is 42.8 Å². The van der Waals surface area contributed by atoms with Gasteiger partial charge < -0.3 is 26.0 Å². The molecule has 2 unspecified atom stereocenters. The second kappa shape index (κ2) is 11.9. The van der Waals surface area contributed by atoms with E-state index in [-0.39, 0.29) is 23.7 Å². The Kier molecular flexibility index (Phi) is 10.2. The van der Waals surface area contributed by atoms with Crippen LogP contribution in [-0.4, -0.2) is 57.8 Å². The molecule has 0 aromatic heterocycles. The van der Waals surface area contributed by atoms with Gasteiger partial charge in [0.15, 0.2) is 11.3 Å². The van der Waals surface area contributed by atoms with Crippen LogP contribution in [0.4, 0.5) is 10.1 Å². The Morgan fingerprint density at radius 1 is 1.12 bits per heavy atom. The molecule has 0 aliphatic carbocycles. The highest BCUT2D eigenvalue weighted by molar-refractivity contribution is 6.30. The van der Waals surface area contributed by atoms with Crippen LogP contribution in [-0.2, 0) is 9.59 Å². The highest BCUT2D eigenvalue weighted by Gasteiger charge is 2.45. The molecule has 0 radical (unpaired) electrons. The van der Waals surface area contributed by atoms with Crippen molar-refractivity contribution in [2.45, 2.75) is 24.5 Å². The average Bonchev–Trinajstić information content (AvgIpc) is 2.75. The number of carboxylic acid groups (broad SMARTS) is 1. The highest BCUT2D eigenvalue weighted by atomic mass is 35.5. The Labute approximate surface area is 194 Å². The molecule has 2 aromatic carbocycles. The molecule has 0 fully saturated rings. The van der Waals surface area contributed by atoms with Crippen LogP contribution in [0.2, 0.25) is 5.02 Å². The van der Waals surface area contributed by atoms with Gasteiger partial charge >= 0.3 is 5.97 Å². The summed E-state index contributed by atoms with van der Waals surface area (Å²) in [5.74, 6) is -4.30. The van der Waals surface area contributed by atoms with Gasteiger partial charge in [0.1, 0.15) is 5.82 Å². The van der Waals surface area contributed by atoms with Gasteiger partial charge in [0.2, 0.25) is 0 Å². The van der Waals surface area contributed by atoms with Gasteiger partial charge in [-0.3, -0.25) is 9.59 Å². The van der Waals surface area contributed by atoms with Crippen LogP contribution in [0.5, 0.6) is 0 Å². The summed E-state index contributed by atoms with van der Waals surface area (Å²) in [6, 6.07) is 10.9. The Bertz CT molecular complexity index is 960. The monoisotopic (exact) mass is 488 g/mol. The maximum Gasteiger partial charge on any atom is 0.333 e. The molecule has 32 heavy (non-hydrogen) atoms. The predicted molar refractivity (Wildman–Crippen MR) is 119 cm³/mol. The molecule has 0 aliphatic heterocycles. The SMILES string of the molecule is Cl.NC(CCC(=O)c1ccccc1F)(C(=O)O)C(=O)N(CC(O)CO)c1ccc(Cl)cc1. The zero-order valence-corrected chi connectivity index (χ0v) is 18.4. The topological polar surface area (TPSA) is 141 Å². The zero-order chi connectivity index (χ0) is 23.2. The van der Waals surface area contributed by atoms with E-state index in [4.69, 9.17) is 22.4 Å². The molecule has 1 amide bonds. The molecular weight excluding hydrogens is 466 g/mol. The minimum Gasteiger partial charge on any atom is -0.479 e. The van der Waals surface area contributed by atoms with Crippen LogP contribution in [0.1, 0.15) is 23.2 Å². The first-order chi connectivity index (χ1) is 14.6. The van der Waals surface area contributed by atoms with E-state index in [0.29, 0.717) is 5.02 Å². The lowest BCUT2D eigenvalue weighted by Gasteiger charge is -2.32. The Hall–Kier alpha value is -2.56. The van der Waals surface area contributed by atoms with Crippen molar-refractivity contribution in [1.82, 2.24) is 0 Å². The van der Waals surface area contributed by atoms with E-state index in [1.165, 1.54) is 42.5 Å². The van der Waals surface area contributed by atoms with E-state index >= 15 is 0 Å². The van der Waals surface area contributed by atoms with Gasteiger partial charge in [-0.15, -0.1) is 12.4 Å². The summed E-state index contributed by atoms with van der Waals surface area (Å²) in [6.07, 6.45) is -2.50. The number of aliphatic hydroxyl groups is 2. The number of amides is 1. The fourth-order valence-electron chi connectivity index (χ4n) is 2.87. The third-order valence-corrected chi connectivity index (χ3v) is 4.92. The third-order valence-electron chi connectivity index (χ3n) is 4.67. The molecule has 5 N–H and O–H groups in total. The largest absolute Gasteiger partial charge is 0.479 e. The van der Waals surface area contributed by atoms with Crippen molar-refractivity contribution in [2.24, 2.45) is 5.73 Å². The van der Waals surface area contributed by atoms with Crippen LogP contribution >= 0.6 is 24.0 Å². The van der Waals surface area contributed by atoms with E-state index in [1.807, 2.05) is 0 Å². The van der Waals surface area contributed by atoms with E-state index in [0.717, 1.165) is 11.0 Å². The number of ketones is 1. The Morgan fingerprint density at radius 3 is 2.25 bits per heavy atom. The molecule has 0 saturated carbocycles. The molecule has 0 bridgehead atoms. The summed E-state index contributed by atoms with van der Waals surface area (Å²) in [6.45, 7) is -1.14. The number of aliphatic carboxylic acids is 1. The van der Waals surface area contributed by atoms with Crippen molar-refractivity contribution < 1.29 is 34.1 Å². The summed E-state index contributed by atoms with van der Waals surface area (Å²) >= 11 is 5.85. The third kappa shape index (κ3) is 6.47. The lowest BCUT2D eigenvalue weighted by molar-refractivity contribution is -0.148. The molecule has 174 valence electrons. The lowest BCUT2D eigenvalue weighted by Crippen LogP contribution is -2.62. The number of anilines is 1. The van der Waals surface area contributed by atoms with E-state index < -0.39 is 61.1 Å². The van der Waals surface area contributed by atoms with Crippen molar-refractivity contribution in [3.63, 3.8) is 0 Å². The number of aliphatic hydroxyl groups excluding tert-OH is 2. The molecule has 8 nitrogen and oxygen atoms in total. The molecule has 0 saturated heterocycles. The van der Waals surface area contributed by atoms with E-state index in [9.17, 15) is 29.0 Å². The summed E-state index contributed by atoms with van der Waals surface area (Å²) in [4.78, 5) is 38.4. The standard InChI is InChI=1S/C21H22ClFN2O6.ClH/c22-13-5-7-14(8-6-13)25(11-15(27)12-26)19(29)21(24,20(30)31)10-9-18(28)16-3-1-2-4-17(16)23;/h1-8,15,26-27H,9-12,24H2,(H,30,31);1H. The summed E-state index contributed by atoms with van der Waals surface area (Å²) < 4.78 is 13.8. The molecule has 0 spiro atoms. The first kappa shape index (κ1) is 27.5. The number of rotatable bonds is 10. The van der Waals surface area contributed by atoms with Crippen molar-refractivity contribution in [2.75, 3.05) is 18.1 Å². The fraction of sp³-hybridized carbons (Fsp3) is 0.286. The number of carbonyl (C=O) groups is 3. The molecule has 11 heteroatoms. The van der Waals surface area contributed by atoms with Crippen molar-refractivity contribution in [3.8, 4) is 0 Å². The number of Topliss-reactive ketones (excluding diaryl/α,β-unsaturated/α-hetero) is 1. The Morgan fingerprint density at radius 2 is 1.72 bits per heavy atom. The number of hydrogen-bond donors (Lipinski definition) is 4. The summed E-state index contributed by atoms with van der Waals surface area (Å²) in [7, 11) is 0. The van der Waals surface area contributed by atoms with Gasteiger partial charge in [0.25, 0.3) is 5.91 Å². The van der Waals surface area contributed by atoms with Crippen molar-refractivity contribution >= 4 is 47.4 Å². The predicted octanol–water partition coefficient (Wildman–Crippen LogP) is 2.03. The number of hydrogen-bond acceptors (Lipinski definition) is 6. The summed E-state index contributed by atoms with van der Waals surface area (Å²) in [5.41, 5.74) is 3.32. The van der Waals surface area contributed by atoms with Crippen LogP contribution in [0.25, 0.3) is 0 Å². The number of carbonyl (C=O) groups excluding carboxylic acids is 2.